The lowest BCUT2D eigenvalue weighted by Crippen LogP contribution is -2.36. The number of likely N-dealkylation sites (tertiary alicyclic amines) is 1. The third-order valence-corrected chi connectivity index (χ3v) is 3.61. The van der Waals surface area contributed by atoms with Crippen molar-refractivity contribution in [1.29, 1.82) is 0 Å². The van der Waals surface area contributed by atoms with Gasteiger partial charge < -0.3 is 19.5 Å². The average molecular weight is 263 g/mol. The molecular weight excluding hydrogens is 246 g/mol. The van der Waals surface area contributed by atoms with Crippen LogP contribution in [0.25, 0.3) is 0 Å². The lowest BCUT2D eigenvalue weighted by molar-refractivity contribution is -0.115. The van der Waals surface area contributed by atoms with Crippen LogP contribution in [0.4, 0.5) is 0 Å². The Morgan fingerprint density at radius 2 is 2.53 bits per heavy atom. The molecule has 0 aliphatic carbocycles. The quantitative estimate of drug-likeness (QED) is 0.873. The van der Waals surface area contributed by atoms with Gasteiger partial charge in [-0.25, -0.2) is 0 Å². The van der Waals surface area contributed by atoms with Gasteiger partial charge in [0.1, 0.15) is 11.5 Å². The second-order valence-corrected chi connectivity index (χ2v) is 5.24. The summed E-state index contributed by atoms with van der Waals surface area (Å²) in [4.78, 5) is 19.7. The van der Waals surface area contributed by atoms with Crippen LogP contribution in [0.2, 0.25) is 0 Å². The van der Waals surface area contributed by atoms with E-state index in [0.29, 0.717) is 18.7 Å². The van der Waals surface area contributed by atoms with Crippen molar-refractivity contribution in [2.75, 3.05) is 20.1 Å². The summed E-state index contributed by atoms with van der Waals surface area (Å²) in [6, 6.07) is 3.61. The first-order valence-corrected chi connectivity index (χ1v) is 6.41. The number of nitrogens with zero attached hydrogens (tertiary/aromatic N) is 2. The minimum atomic E-state index is -0.286. The highest BCUT2D eigenvalue weighted by molar-refractivity contribution is 6.39. The summed E-state index contributed by atoms with van der Waals surface area (Å²) in [5.41, 5.74) is 0.188. The summed E-state index contributed by atoms with van der Waals surface area (Å²) >= 11 is 0. The van der Waals surface area contributed by atoms with Crippen molar-refractivity contribution in [1.82, 2.24) is 10.2 Å². The van der Waals surface area contributed by atoms with Gasteiger partial charge in [0.25, 0.3) is 5.91 Å². The lowest BCUT2D eigenvalue weighted by atomic mass is 9.96. The smallest absolute Gasteiger partial charge is 0.269 e. The molecule has 19 heavy (non-hydrogen) atoms. The summed E-state index contributed by atoms with van der Waals surface area (Å²) in [6.45, 7) is 2.18. The van der Waals surface area contributed by atoms with Crippen LogP contribution in [0.5, 0.6) is 0 Å². The predicted octanol–water partition coefficient (Wildman–Crippen LogP) is 0.746. The summed E-state index contributed by atoms with van der Waals surface area (Å²) in [5.74, 6) is 0.547. The Balaban J connectivity index is 1.54. The molecule has 2 aliphatic rings. The molecule has 1 N–H and O–H groups in total. The number of rotatable bonds is 3. The van der Waals surface area contributed by atoms with Gasteiger partial charge in [-0.05, 0) is 19.2 Å². The molecule has 0 saturated carbocycles. The molecule has 0 aromatic carbocycles. The molecule has 1 spiro atoms. The van der Waals surface area contributed by atoms with Crippen molar-refractivity contribution >= 4 is 11.6 Å². The number of oxime groups is 1. The van der Waals surface area contributed by atoms with E-state index in [4.69, 9.17) is 9.25 Å². The van der Waals surface area contributed by atoms with Gasteiger partial charge in [-0.3, -0.25) is 4.79 Å². The Morgan fingerprint density at radius 3 is 3.21 bits per heavy atom. The first kappa shape index (κ1) is 12.2. The fraction of sp³-hybridized carbons (Fsp3) is 0.538. The highest BCUT2D eigenvalue weighted by Crippen LogP contribution is 2.32. The maximum atomic E-state index is 12.0. The molecule has 1 fully saturated rings. The Morgan fingerprint density at radius 1 is 1.63 bits per heavy atom. The van der Waals surface area contributed by atoms with Gasteiger partial charge in [-0.2, -0.15) is 0 Å². The van der Waals surface area contributed by atoms with E-state index >= 15 is 0 Å². The standard InChI is InChI=1S/C13H17N3O3/c1-16-5-4-13(9-16)7-11(15-19-13)12(17)14-8-10-3-2-6-18-10/h2-3,6H,4-5,7-9H2,1H3,(H,14,17). The molecule has 1 unspecified atom stereocenters. The lowest BCUT2D eigenvalue weighted by Gasteiger charge is -2.19. The molecule has 1 aromatic rings. The van der Waals surface area contributed by atoms with Crippen molar-refractivity contribution in [2.45, 2.75) is 25.0 Å². The number of amides is 1. The van der Waals surface area contributed by atoms with Crippen molar-refractivity contribution in [3.63, 3.8) is 0 Å². The predicted molar refractivity (Wildman–Crippen MR) is 68.5 cm³/mol. The summed E-state index contributed by atoms with van der Waals surface area (Å²) in [6.07, 6.45) is 3.09. The highest BCUT2D eigenvalue weighted by Gasteiger charge is 2.45. The molecule has 3 rings (SSSR count). The zero-order chi connectivity index (χ0) is 13.3. The molecule has 3 heterocycles. The first-order chi connectivity index (χ1) is 9.17. The fourth-order valence-electron chi connectivity index (χ4n) is 2.59. The van der Waals surface area contributed by atoms with E-state index in [1.807, 2.05) is 13.1 Å². The van der Waals surface area contributed by atoms with Gasteiger partial charge in [-0.15, -0.1) is 0 Å². The Kier molecular flexibility index (Phi) is 3.02. The van der Waals surface area contributed by atoms with Crippen molar-refractivity contribution in [2.24, 2.45) is 5.16 Å². The molecule has 2 aliphatic heterocycles. The third kappa shape index (κ3) is 2.49. The second kappa shape index (κ2) is 4.70. The average Bonchev–Trinajstić information content (AvgIpc) is 3.10. The molecule has 1 atom stereocenters. The molecule has 1 aromatic heterocycles. The normalized spacial score (nSPS) is 26.5. The van der Waals surface area contributed by atoms with E-state index < -0.39 is 0 Å². The van der Waals surface area contributed by atoms with E-state index in [2.05, 4.69) is 15.4 Å². The number of hydrogen-bond donors (Lipinski definition) is 1. The first-order valence-electron chi connectivity index (χ1n) is 6.41. The number of carbonyl (C=O) groups excluding carboxylic acids is 1. The minimum Gasteiger partial charge on any atom is -0.467 e. The van der Waals surface area contributed by atoms with Crippen LogP contribution < -0.4 is 5.32 Å². The minimum absolute atomic E-state index is 0.178. The Labute approximate surface area is 111 Å². The van der Waals surface area contributed by atoms with E-state index in [0.717, 1.165) is 25.3 Å². The fourth-order valence-corrected chi connectivity index (χ4v) is 2.59. The van der Waals surface area contributed by atoms with Gasteiger partial charge >= 0.3 is 0 Å². The monoisotopic (exact) mass is 263 g/mol. The van der Waals surface area contributed by atoms with Crippen LogP contribution in [0, 0.1) is 0 Å². The van der Waals surface area contributed by atoms with Gasteiger partial charge in [0.05, 0.1) is 12.8 Å². The largest absolute Gasteiger partial charge is 0.467 e. The van der Waals surface area contributed by atoms with E-state index in [-0.39, 0.29) is 11.5 Å². The number of carbonyl (C=O) groups is 1. The van der Waals surface area contributed by atoms with Crippen LogP contribution in [-0.4, -0.2) is 42.3 Å². The summed E-state index contributed by atoms with van der Waals surface area (Å²) in [7, 11) is 2.05. The molecule has 6 heteroatoms. The number of likely N-dealkylation sites (N-methyl/N-ethyl adjacent to an activating group) is 1. The number of nitrogens with one attached hydrogen (secondary N) is 1. The van der Waals surface area contributed by atoms with Crippen LogP contribution in [0.1, 0.15) is 18.6 Å². The number of hydrogen-bond acceptors (Lipinski definition) is 5. The highest BCUT2D eigenvalue weighted by atomic mass is 16.7. The van der Waals surface area contributed by atoms with Crippen molar-refractivity contribution in [3.05, 3.63) is 24.2 Å². The van der Waals surface area contributed by atoms with E-state index in [1.165, 1.54) is 0 Å². The molecule has 1 amide bonds. The van der Waals surface area contributed by atoms with Gasteiger partial charge in [0.2, 0.25) is 0 Å². The molecule has 1 saturated heterocycles. The maximum Gasteiger partial charge on any atom is 0.269 e. The van der Waals surface area contributed by atoms with Gasteiger partial charge in [0, 0.05) is 25.9 Å². The topological polar surface area (TPSA) is 67.1 Å². The van der Waals surface area contributed by atoms with Crippen molar-refractivity contribution in [3.8, 4) is 0 Å². The van der Waals surface area contributed by atoms with Gasteiger partial charge in [-0.1, -0.05) is 5.16 Å². The van der Waals surface area contributed by atoms with Crippen LogP contribution in [0.15, 0.2) is 28.0 Å². The SMILES string of the molecule is CN1CCC2(CC(C(=O)NCc3ccco3)=NO2)C1. The molecule has 102 valence electrons. The third-order valence-electron chi connectivity index (χ3n) is 3.61. The molecule has 0 radical (unpaired) electrons. The van der Waals surface area contributed by atoms with E-state index in [1.54, 1.807) is 12.3 Å². The zero-order valence-electron chi connectivity index (χ0n) is 10.9. The summed E-state index contributed by atoms with van der Waals surface area (Å²) < 4.78 is 5.16. The van der Waals surface area contributed by atoms with E-state index in [9.17, 15) is 4.79 Å². The van der Waals surface area contributed by atoms with Gasteiger partial charge in [0.15, 0.2) is 5.60 Å². The maximum absolute atomic E-state index is 12.0. The number of furan rings is 1. The molecular formula is C13H17N3O3. The second-order valence-electron chi connectivity index (χ2n) is 5.24. The van der Waals surface area contributed by atoms with Crippen LogP contribution in [0.3, 0.4) is 0 Å². The van der Waals surface area contributed by atoms with Crippen molar-refractivity contribution < 1.29 is 14.0 Å². The molecule has 6 nitrogen and oxygen atoms in total. The Hall–Kier alpha value is -1.82. The summed E-state index contributed by atoms with van der Waals surface area (Å²) in [5, 5.41) is 6.74. The Bertz CT molecular complexity index is 497. The molecule has 0 bridgehead atoms. The zero-order valence-corrected chi connectivity index (χ0v) is 10.9. The van der Waals surface area contributed by atoms with Crippen LogP contribution in [-0.2, 0) is 16.2 Å². The van der Waals surface area contributed by atoms with Crippen LogP contribution >= 0.6 is 0 Å².